The smallest absolute Gasteiger partial charge is 0.356 e. The third kappa shape index (κ3) is 2.88. The Hall–Kier alpha value is -2.00. The van der Waals surface area contributed by atoms with Crippen LogP contribution in [-0.4, -0.2) is 29.5 Å². The first-order valence-electron chi connectivity index (χ1n) is 5.04. The molecule has 0 unspecified atom stereocenters. The lowest BCUT2D eigenvalue weighted by molar-refractivity contribution is 0.0692. The number of aromatic nitrogens is 2. The van der Waals surface area contributed by atoms with Crippen molar-refractivity contribution in [2.75, 3.05) is 4.72 Å². The standard InChI is InChI=1S/C10H9N3O4S2/c1-6-12-5-8(18-6)19(16,17)13-7-3-2-4-11-9(7)10(14)15/h2-5,13H,1H3,(H,14,15). The Morgan fingerprint density at radius 1 is 1.42 bits per heavy atom. The second-order valence-electron chi connectivity index (χ2n) is 3.51. The van der Waals surface area contributed by atoms with Crippen molar-refractivity contribution in [3.05, 3.63) is 35.2 Å². The fourth-order valence-corrected chi connectivity index (χ4v) is 3.49. The van der Waals surface area contributed by atoms with E-state index in [9.17, 15) is 13.2 Å². The summed E-state index contributed by atoms with van der Waals surface area (Å²) in [7, 11) is -3.85. The van der Waals surface area contributed by atoms with Gasteiger partial charge >= 0.3 is 5.97 Å². The van der Waals surface area contributed by atoms with Gasteiger partial charge in [-0.2, -0.15) is 0 Å². The summed E-state index contributed by atoms with van der Waals surface area (Å²) in [6.45, 7) is 1.68. The lowest BCUT2D eigenvalue weighted by atomic mass is 10.3. The summed E-state index contributed by atoms with van der Waals surface area (Å²) < 4.78 is 26.3. The maximum atomic E-state index is 12.0. The number of pyridine rings is 1. The molecule has 2 rings (SSSR count). The van der Waals surface area contributed by atoms with Gasteiger partial charge in [-0.05, 0) is 19.1 Å². The van der Waals surface area contributed by atoms with Gasteiger partial charge in [0.05, 0.1) is 16.9 Å². The quantitative estimate of drug-likeness (QED) is 0.881. The number of carboxylic acids is 1. The molecular formula is C10H9N3O4S2. The molecule has 0 saturated heterocycles. The van der Waals surface area contributed by atoms with Gasteiger partial charge in [0.15, 0.2) is 9.90 Å². The molecule has 100 valence electrons. The Bertz CT molecular complexity index is 724. The number of sulfonamides is 1. The normalized spacial score (nSPS) is 11.2. The van der Waals surface area contributed by atoms with Crippen LogP contribution in [0.25, 0.3) is 0 Å². The third-order valence-electron chi connectivity index (χ3n) is 2.12. The van der Waals surface area contributed by atoms with Crippen molar-refractivity contribution >= 4 is 33.0 Å². The molecule has 2 aromatic rings. The minimum atomic E-state index is -3.85. The van der Waals surface area contributed by atoms with Crippen LogP contribution < -0.4 is 4.72 Å². The molecule has 0 spiro atoms. The molecule has 2 heterocycles. The second kappa shape index (κ2) is 4.94. The third-order valence-corrected chi connectivity index (χ3v) is 4.86. The fourth-order valence-electron chi connectivity index (χ4n) is 1.32. The minimum absolute atomic E-state index is 0.0187. The molecule has 9 heteroatoms. The van der Waals surface area contributed by atoms with Crippen LogP contribution in [0, 0.1) is 6.92 Å². The molecule has 0 bridgehead atoms. The van der Waals surface area contributed by atoms with E-state index in [1.54, 1.807) is 6.92 Å². The van der Waals surface area contributed by atoms with E-state index in [1.165, 1.54) is 24.5 Å². The van der Waals surface area contributed by atoms with Crippen LogP contribution in [0.15, 0.2) is 28.7 Å². The molecule has 0 amide bonds. The number of thiazole rings is 1. The predicted molar refractivity (Wildman–Crippen MR) is 68.9 cm³/mol. The van der Waals surface area contributed by atoms with Crippen molar-refractivity contribution in [2.24, 2.45) is 0 Å². The van der Waals surface area contributed by atoms with Gasteiger partial charge in [-0.1, -0.05) is 0 Å². The van der Waals surface area contributed by atoms with Gasteiger partial charge in [0, 0.05) is 6.20 Å². The SMILES string of the molecule is Cc1ncc(S(=O)(=O)Nc2cccnc2C(=O)O)s1. The Morgan fingerprint density at radius 3 is 2.74 bits per heavy atom. The molecule has 2 aromatic heterocycles. The van der Waals surface area contributed by atoms with Crippen molar-refractivity contribution in [1.82, 2.24) is 9.97 Å². The average molecular weight is 299 g/mol. The summed E-state index contributed by atoms with van der Waals surface area (Å²) in [6.07, 6.45) is 2.50. The van der Waals surface area contributed by atoms with Gasteiger partial charge in [-0.15, -0.1) is 11.3 Å². The van der Waals surface area contributed by atoms with Crippen LogP contribution >= 0.6 is 11.3 Å². The number of hydrogen-bond acceptors (Lipinski definition) is 6. The number of rotatable bonds is 4. The number of aryl methyl sites for hydroxylation is 1. The van der Waals surface area contributed by atoms with E-state index in [2.05, 4.69) is 14.7 Å². The lowest BCUT2D eigenvalue weighted by Crippen LogP contribution is -2.15. The first-order valence-corrected chi connectivity index (χ1v) is 7.33. The zero-order valence-corrected chi connectivity index (χ0v) is 11.3. The first kappa shape index (κ1) is 13.4. The van der Waals surface area contributed by atoms with Crippen LogP contribution in [0.1, 0.15) is 15.5 Å². The van der Waals surface area contributed by atoms with Crippen LogP contribution in [-0.2, 0) is 10.0 Å². The van der Waals surface area contributed by atoms with Crippen LogP contribution in [0.3, 0.4) is 0 Å². The van der Waals surface area contributed by atoms with E-state index < -0.39 is 16.0 Å². The summed E-state index contributed by atoms with van der Waals surface area (Å²) in [6, 6.07) is 2.78. The number of nitrogens with zero attached hydrogens (tertiary/aromatic N) is 2. The van der Waals surface area contributed by atoms with E-state index in [1.807, 2.05) is 0 Å². The summed E-state index contributed by atoms with van der Waals surface area (Å²) in [5.41, 5.74) is -0.437. The molecule has 0 saturated carbocycles. The highest BCUT2D eigenvalue weighted by molar-refractivity contribution is 7.94. The van der Waals surface area contributed by atoms with Gasteiger partial charge < -0.3 is 5.11 Å². The van der Waals surface area contributed by atoms with Crippen LogP contribution in [0.4, 0.5) is 5.69 Å². The highest BCUT2D eigenvalue weighted by Gasteiger charge is 2.21. The first-order chi connectivity index (χ1) is 8.90. The predicted octanol–water partition coefficient (Wildman–Crippen LogP) is 1.35. The molecule has 0 fully saturated rings. The van der Waals surface area contributed by atoms with Crippen LogP contribution in [0.2, 0.25) is 0 Å². The summed E-state index contributed by atoms with van der Waals surface area (Å²) in [4.78, 5) is 18.4. The highest BCUT2D eigenvalue weighted by atomic mass is 32.2. The Balaban J connectivity index is 2.39. The lowest BCUT2D eigenvalue weighted by Gasteiger charge is -2.07. The molecular weight excluding hydrogens is 290 g/mol. The molecule has 0 aliphatic heterocycles. The van der Waals surface area contributed by atoms with E-state index >= 15 is 0 Å². The molecule has 2 N–H and O–H groups in total. The number of anilines is 1. The van der Waals surface area contributed by atoms with Gasteiger partial charge in [0.25, 0.3) is 10.0 Å². The maximum Gasteiger partial charge on any atom is 0.356 e. The van der Waals surface area contributed by atoms with E-state index in [-0.39, 0.29) is 15.6 Å². The zero-order valence-electron chi connectivity index (χ0n) is 9.69. The van der Waals surface area contributed by atoms with Gasteiger partial charge in [-0.3, -0.25) is 4.72 Å². The van der Waals surface area contributed by atoms with Crippen molar-refractivity contribution in [3.8, 4) is 0 Å². The molecule has 0 aliphatic rings. The monoisotopic (exact) mass is 299 g/mol. The Kier molecular flexibility index (Phi) is 3.49. The fraction of sp³-hybridized carbons (Fsp3) is 0.100. The maximum absolute atomic E-state index is 12.0. The molecule has 19 heavy (non-hydrogen) atoms. The number of hydrogen-bond donors (Lipinski definition) is 2. The van der Waals surface area contributed by atoms with Crippen molar-refractivity contribution in [1.29, 1.82) is 0 Å². The highest BCUT2D eigenvalue weighted by Crippen LogP contribution is 2.22. The number of carboxylic acid groups (broad SMARTS) is 1. The molecule has 7 nitrogen and oxygen atoms in total. The largest absolute Gasteiger partial charge is 0.476 e. The van der Waals surface area contributed by atoms with Gasteiger partial charge in [-0.25, -0.2) is 23.2 Å². The van der Waals surface area contributed by atoms with Gasteiger partial charge in [0.2, 0.25) is 0 Å². The molecule has 0 radical (unpaired) electrons. The van der Waals surface area contributed by atoms with E-state index in [4.69, 9.17) is 5.11 Å². The van der Waals surface area contributed by atoms with Crippen molar-refractivity contribution in [2.45, 2.75) is 11.1 Å². The summed E-state index contributed by atoms with van der Waals surface area (Å²) in [5, 5.41) is 9.53. The Labute approximate surface area is 113 Å². The average Bonchev–Trinajstić information content (AvgIpc) is 2.76. The van der Waals surface area contributed by atoms with Crippen LogP contribution in [0.5, 0.6) is 0 Å². The van der Waals surface area contributed by atoms with Gasteiger partial charge in [0.1, 0.15) is 0 Å². The zero-order chi connectivity index (χ0) is 14.0. The topological polar surface area (TPSA) is 109 Å². The van der Waals surface area contributed by atoms with E-state index in [0.717, 1.165) is 11.3 Å². The minimum Gasteiger partial charge on any atom is -0.476 e. The summed E-state index contributed by atoms with van der Waals surface area (Å²) >= 11 is 0.999. The molecule has 0 atom stereocenters. The number of nitrogens with one attached hydrogen (secondary N) is 1. The summed E-state index contributed by atoms with van der Waals surface area (Å²) in [5.74, 6) is -1.31. The number of carbonyl (C=O) groups is 1. The van der Waals surface area contributed by atoms with E-state index in [0.29, 0.717) is 5.01 Å². The molecule has 0 aromatic carbocycles. The second-order valence-corrected chi connectivity index (χ2v) is 6.65. The molecule has 0 aliphatic carbocycles. The van der Waals surface area contributed by atoms with Crippen molar-refractivity contribution < 1.29 is 18.3 Å². The number of aromatic carboxylic acids is 1. The Morgan fingerprint density at radius 2 is 2.16 bits per heavy atom. The van der Waals surface area contributed by atoms with Crippen molar-refractivity contribution in [3.63, 3.8) is 0 Å².